The topological polar surface area (TPSA) is 93.5 Å². The normalized spacial score (nSPS) is 24.9. The van der Waals surface area contributed by atoms with Crippen LogP contribution in [-0.2, 0) is 16.1 Å². The first-order valence-corrected chi connectivity index (χ1v) is 11.5. The van der Waals surface area contributed by atoms with Crippen LogP contribution in [0.1, 0.15) is 71.6 Å². The number of fused-ring (bicyclic) bond motifs is 1. The van der Waals surface area contributed by atoms with Crippen LogP contribution in [0.4, 0.5) is 5.69 Å². The Kier molecular flexibility index (Phi) is 6.03. The van der Waals surface area contributed by atoms with Crippen LogP contribution in [0.25, 0.3) is 0 Å². The predicted octanol–water partition coefficient (Wildman–Crippen LogP) is 3.40. The second-order valence-electron chi connectivity index (χ2n) is 9.75. The van der Waals surface area contributed by atoms with Crippen LogP contribution >= 0.6 is 0 Å². The highest BCUT2D eigenvalue weighted by Crippen LogP contribution is 2.34. The average molecular weight is 453 g/mol. The SMILES string of the molecule is COC(=O)c1cc2n(n1)C[C@](C)(C(=O)NC1CCC(C)CC1)N(c1cc(C)cc(C)c1)C2=O. The molecule has 1 aromatic carbocycles. The number of carbonyl (C=O) groups excluding carboxylic acids is 3. The standard InChI is InChI=1S/C25H32N4O4/c1-15-6-8-18(9-7-15)26-24(32)25(4)14-28-21(13-20(27-28)23(31)33-5)22(30)29(25)19-11-16(2)10-17(3)12-19/h10-13,15,18H,6-9,14H2,1-5H3,(H,26,32)/t15?,18?,25-/m1/s1. The minimum Gasteiger partial charge on any atom is -0.464 e. The van der Waals surface area contributed by atoms with E-state index in [2.05, 4.69) is 17.3 Å². The molecule has 0 unspecified atom stereocenters. The Morgan fingerprint density at radius 2 is 1.73 bits per heavy atom. The molecule has 2 aromatic rings. The average Bonchev–Trinajstić information content (AvgIpc) is 3.18. The molecular formula is C25H32N4O4. The van der Waals surface area contributed by atoms with Crippen molar-refractivity contribution in [3.05, 3.63) is 46.8 Å². The number of nitrogens with zero attached hydrogens (tertiary/aromatic N) is 3. The Balaban J connectivity index is 1.76. The number of nitrogens with one attached hydrogen (secondary N) is 1. The number of esters is 1. The molecule has 0 bridgehead atoms. The number of methoxy groups -OCH3 is 1. The summed E-state index contributed by atoms with van der Waals surface area (Å²) in [6.07, 6.45) is 4.01. The molecule has 1 aromatic heterocycles. The van der Waals surface area contributed by atoms with Crippen molar-refractivity contribution in [2.45, 2.75) is 71.5 Å². The van der Waals surface area contributed by atoms with Gasteiger partial charge in [0.2, 0.25) is 5.91 Å². The molecule has 8 nitrogen and oxygen atoms in total. The highest BCUT2D eigenvalue weighted by atomic mass is 16.5. The van der Waals surface area contributed by atoms with Crippen molar-refractivity contribution in [2.24, 2.45) is 5.92 Å². The molecule has 1 N–H and O–H groups in total. The van der Waals surface area contributed by atoms with Crippen LogP contribution in [0.5, 0.6) is 0 Å². The van der Waals surface area contributed by atoms with E-state index in [1.807, 2.05) is 32.0 Å². The maximum Gasteiger partial charge on any atom is 0.358 e. The summed E-state index contributed by atoms with van der Waals surface area (Å²) in [4.78, 5) is 41.1. The molecule has 0 radical (unpaired) electrons. The van der Waals surface area contributed by atoms with Gasteiger partial charge in [0.05, 0.1) is 13.7 Å². The number of carbonyl (C=O) groups is 3. The molecule has 1 fully saturated rings. The molecule has 2 heterocycles. The zero-order valence-electron chi connectivity index (χ0n) is 20.0. The molecule has 1 aliphatic carbocycles. The summed E-state index contributed by atoms with van der Waals surface area (Å²) in [5.74, 6) is -0.538. The fourth-order valence-electron chi connectivity index (χ4n) is 5.02. The van der Waals surface area contributed by atoms with Crippen LogP contribution < -0.4 is 10.2 Å². The molecule has 2 amide bonds. The Morgan fingerprint density at radius 1 is 1.09 bits per heavy atom. The summed E-state index contributed by atoms with van der Waals surface area (Å²) in [6.45, 7) is 8.06. The third-order valence-electron chi connectivity index (χ3n) is 6.85. The van der Waals surface area contributed by atoms with Crippen molar-refractivity contribution in [1.82, 2.24) is 15.1 Å². The summed E-state index contributed by atoms with van der Waals surface area (Å²) < 4.78 is 6.24. The van der Waals surface area contributed by atoms with Crippen LogP contribution in [0.2, 0.25) is 0 Å². The quantitative estimate of drug-likeness (QED) is 0.718. The summed E-state index contributed by atoms with van der Waals surface area (Å²) >= 11 is 0. The number of anilines is 1. The molecule has 8 heteroatoms. The molecule has 33 heavy (non-hydrogen) atoms. The van der Waals surface area contributed by atoms with Crippen molar-refractivity contribution in [3.63, 3.8) is 0 Å². The fraction of sp³-hybridized carbons (Fsp3) is 0.520. The van der Waals surface area contributed by atoms with Crippen LogP contribution in [0, 0.1) is 19.8 Å². The first-order valence-electron chi connectivity index (χ1n) is 11.5. The molecule has 2 aliphatic rings. The van der Waals surface area contributed by atoms with Gasteiger partial charge >= 0.3 is 5.97 Å². The van der Waals surface area contributed by atoms with Gasteiger partial charge in [-0.25, -0.2) is 4.79 Å². The molecule has 176 valence electrons. The lowest BCUT2D eigenvalue weighted by atomic mass is 9.86. The van der Waals surface area contributed by atoms with E-state index in [1.54, 1.807) is 11.8 Å². The number of hydrogen-bond donors (Lipinski definition) is 1. The van der Waals surface area contributed by atoms with Gasteiger partial charge < -0.3 is 10.1 Å². The molecule has 4 rings (SSSR count). The van der Waals surface area contributed by atoms with Crippen molar-refractivity contribution < 1.29 is 19.1 Å². The first-order chi connectivity index (χ1) is 15.6. The summed E-state index contributed by atoms with van der Waals surface area (Å²) in [7, 11) is 1.27. The second kappa shape index (κ2) is 8.65. The van der Waals surface area contributed by atoms with E-state index in [0.717, 1.165) is 36.8 Å². The Labute approximate surface area is 194 Å². The number of hydrogen-bond acceptors (Lipinski definition) is 5. The summed E-state index contributed by atoms with van der Waals surface area (Å²) in [6, 6.07) is 7.37. The minimum atomic E-state index is -1.22. The zero-order chi connectivity index (χ0) is 23.9. The van der Waals surface area contributed by atoms with E-state index < -0.39 is 11.5 Å². The fourth-order valence-corrected chi connectivity index (χ4v) is 5.02. The maximum absolute atomic E-state index is 13.8. The largest absolute Gasteiger partial charge is 0.464 e. The molecule has 0 spiro atoms. The number of aryl methyl sites for hydroxylation is 2. The number of benzene rings is 1. The van der Waals surface area contributed by atoms with Crippen LogP contribution in [0.3, 0.4) is 0 Å². The highest BCUT2D eigenvalue weighted by Gasteiger charge is 2.49. The van der Waals surface area contributed by atoms with Gasteiger partial charge in [0.15, 0.2) is 5.69 Å². The van der Waals surface area contributed by atoms with E-state index in [-0.39, 0.29) is 35.8 Å². The van der Waals surface area contributed by atoms with Crippen molar-refractivity contribution >= 4 is 23.5 Å². The maximum atomic E-state index is 13.8. The van der Waals surface area contributed by atoms with Gasteiger partial charge in [0.1, 0.15) is 11.2 Å². The van der Waals surface area contributed by atoms with Crippen LogP contribution in [0.15, 0.2) is 24.3 Å². The lowest BCUT2D eigenvalue weighted by molar-refractivity contribution is -0.127. The van der Waals surface area contributed by atoms with Crippen molar-refractivity contribution in [1.29, 1.82) is 0 Å². The number of aromatic nitrogens is 2. The molecular weight excluding hydrogens is 420 g/mol. The smallest absolute Gasteiger partial charge is 0.358 e. The number of amides is 2. The lowest BCUT2D eigenvalue weighted by Crippen LogP contribution is -2.65. The van der Waals surface area contributed by atoms with Gasteiger partial charge in [-0.05, 0) is 75.6 Å². The highest BCUT2D eigenvalue weighted by molar-refractivity contribution is 6.12. The molecule has 0 saturated heterocycles. The zero-order valence-corrected chi connectivity index (χ0v) is 20.0. The molecule has 1 atom stereocenters. The lowest BCUT2D eigenvalue weighted by Gasteiger charge is -2.44. The number of ether oxygens (including phenoxy) is 1. The monoisotopic (exact) mass is 452 g/mol. The Hall–Kier alpha value is -3.16. The van der Waals surface area contributed by atoms with E-state index in [4.69, 9.17) is 4.74 Å². The Bertz CT molecular complexity index is 1080. The second-order valence-corrected chi connectivity index (χ2v) is 9.75. The molecule has 1 aliphatic heterocycles. The van der Waals surface area contributed by atoms with Gasteiger partial charge in [0.25, 0.3) is 5.91 Å². The van der Waals surface area contributed by atoms with Gasteiger partial charge in [-0.2, -0.15) is 5.10 Å². The minimum absolute atomic E-state index is 0.0483. The third-order valence-corrected chi connectivity index (χ3v) is 6.85. The summed E-state index contributed by atoms with van der Waals surface area (Å²) in [5.41, 5.74) is 1.73. The Morgan fingerprint density at radius 3 is 2.33 bits per heavy atom. The van der Waals surface area contributed by atoms with Gasteiger partial charge in [-0.3, -0.25) is 19.2 Å². The van der Waals surface area contributed by atoms with Gasteiger partial charge in [0, 0.05) is 17.8 Å². The third kappa shape index (κ3) is 4.26. The van der Waals surface area contributed by atoms with E-state index in [1.165, 1.54) is 17.9 Å². The van der Waals surface area contributed by atoms with E-state index in [0.29, 0.717) is 11.6 Å². The number of rotatable bonds is 4. The van der Waals surface area contributed by atoms with E-state index >= 15 is 0 Å². The van der Waals surface area contributed by atoms with E-state index in [9.17, 15) is 14.4 Å². The van der Waals surface area contributed by atoms with Crippen molar-refractivity contribution in [3.8, 4) is 0 Å². The van der Waals surface area contributed by atoms with Crippen molar-refractivity contribution in [2.75, 3.05) is 12.0 Å². The predicted molar refractivity (Wildman–Crippen MR) is 124 cm³/mol. The van der Waals surface area contributed by atoms with Gasteiger partial charge in [-0.15, -0.1) is 0 Å². The first kappa shape index (κ1) is 23.0. The van der Waals surface area contributed by atoms with Crippen LogP contribution in [-0.4, -0.2) is 46.3 Å². The summed E-state index contributed by atoms with van der Waals surface area (Å²) in [5, 5.41) is 7.49. The van der Waals surface area contributed by atoms with Gasteiger partial charge in [-0.1, -0.05) is 13.0 Å². The molecule has 1 saturated carbocycles.